The van der Waals surface area contributed by atoms with E-state index in [9.17, 15) is 20.0 Å². The Hall–Kier alpha value is -2.99. The number of allylic oxidation sites excluding steroid dienone is 7. The number of rotatable bonds is 3. The van der Waals surface area contributed by atoms with Gasteiger partial charge in [0.25, 0.3) is 5.70 Å². The van der Waals surface area contributed by atoms with Crippen molar-refractivity contribution in [2.24, 2.45) is 0 Å². The van der Waals surface area contributed by atoms with Gasteiger partial charge in [0, 0.05) is 35.5 Å². The van der Waals surface area contributed by atoms with Crippen LogP contribution in [0.4, 0.5) is 5.69 Å². The molecule has 6 heteroatoms. The van der Waals surface area contributed by atoms with E-state index in [2.05, 4.69) is 18.7 Å². The zero-order valence-electron chi connectivity index (χ0n) is 14.9. The monoisotopic (exact) mass is 352 g/mol. The van der Waals surface area contributed by atoms with E-state index in [0.29, 0.717) is 5.57 Å². The SMILES string of the molecule is CN1C(=CC=C2C=CC([N+](=O)[O-])=CC2=O)C(C)(C)c2cc(CO)ccc21. The van der Waals surface area contributed by atoms with Crippen molar-refractivity contribution in [3.63, 3.8) is 0 Å². The second-order valence-electron chi connectivity index (χ2n) is 6.89. The molecule has 26 heavy (non-hydrogen) atoms. The fourth-order valence-corrected chi connectivity index (χ4v) is 3.42. The molecule has 1 aromatic carbocycles. The van der Waals surface area contributed by atoms with Crippen molar-refractivity contribution in [1.82, 2.24) is 0 Å². The molecule has 0 bridgehead atoms. The maximum Gasteiger partial charge on any atom is 0.273 e. The molecule has 1 heterocycles. The van der Waals surface area contributed by atoms with Crippen molar-refractivity contribution in [1.29, 1.82) is 0 Å². The lowest BCUT2D eigenvalue weighted by Crippen LogP contribution is -2.22. The molecule has 1 aliphatic heterocycles. The van der Waals surface area contributed by atoms with Crippen molar-refractivity contribution in [3.8, 4) is 0 Å². The van der Waals surface area contributed by atoms with Crippen molar-refractivity contribution >= 4 is 11.5 Å². The van der Waals surface area contributed by atoms with Crippen LogP contribution in [0.2, 0.25) is 0 Å². The minimum Gasteiger partial charge on any atom is -0.392 e. The quantitative estimate of drug-likeness (QED) is 0.514. The molecule has 0 saturated carbocycles. The van der Waals surface area contributed by atoms with Crippen LogP contribution in [0.1, 0.15) is 25.0 Å². The Labute approximate surface area is 151 Å². The average Bonchev–Trinajstić information content (AvgIpc) is 2.79. The Balaban J connectivity index is 1.97. The number of nitrogens with zero attached hydrogens (tertiary/aromatic N) is 2. The number of hydrogen-bond acceptors (Lipinski definition) is 5. The van der Waals surface area contributed by atoms with Gasteiger partial charge in [-0.05, 0) is 35.4 Å². The molecule has 0 amide bonds. The third-order valence-corrected chi connectivity index (χ3v) is 4.91. The van der Waals surface area contributed by atoms with Crippen LogP contribution in [0.3, 0.4) is 0 Å². The Bertz CT molecular complexity index is 920. The second kappa shape index (κ2) is 6.38. The lowest BCUT2D eigenvalue weighted by molar-refractivity contribution is -0.419. The third kappa shape index (κ3) is 2.88. The average molecular weight is 352 g/mol. The highest BCUT2D eigenvalue weighted by atomic mass is 16.6. The number of fused-ring (bicyclic) bond motifs is 1. The van der Waals surface area contributed by atoms with Gasteiger partial charge in [0.05, 0.1) is 17.6 Å². The van der Waals surface area contributed by atoms with Crippen molar-refractivity contribution < 1.29 is 14.8 Å². The normalized spacial score (nSPS) is 21.3. The smallest absolute Gasteiger partial charge is 0.273 e. The first-order chi connectivity index (χ1) is 12.3. The fraction of sp³-hybridized carbons (Fsp3) is 0.250. The summed E-state index contributed by atoms with van der Waals surface area (Å²) in [6.45, 7) is 4.16. The number of aliphatic hydroxyl groups excluding tert-OH is 1. The van der Waals surface area contributed by atoms with Crippen LogP contribution in [0.25, 0.3) is 0 Å². The topological polar surface area (TPSA) is 83.7 Å². The highest BCUT2D eigenvalue weighted by molar-refractivity contribution is 6.08. The Morgan fingerprint density at radius 2 is 2.00 bits per heavy atom. The van der Waals surface area contributed by atoms with Gasteiger partial charge in [0.1, 0.15) is 0 Å². The Kier molecular flexibility index (Phi) is 4.38. The van der Waals surface area contributed by atoms with Gasteiger partial charge in [0.2, 0.25) is 0 Å². The van der Waals surface area contributed by atoms with Gasteiger partial charge in [0.15, 0.2) is 5.78 Å². The molecule has 134 valence electrons. The summed E-state index contributed by atoms with van der Waals surface area (Å²) in [4.78, 5) is 24.3. The number of hydrogen-bond donors (Lipinski definition) is 1. The van der Waals surface area contributed by atoms with Crippen molar-refractivity contribution in [2.45, 2.75) is 25.9 Å². The maximum absolute atomic E-state index is 12.1. The van der Waals surface area contributed by atoms with E-state index < -0.39 is 4.92 Å². The number of carbonyl (C=O) groups is 1. The van der Waals surface area contributed by atoms with Gasteiger partial charge >= 0.3 is 0 Å². The summed E-state index contributed by atoms with van der Waals surface area (Å²) in [7, 11) is 1.96. The fourth-order valence-electron chi connectivity index (χ4n) is 3.42. The Morgan fingerprint density at radius 1 is 1.27 bits per heavy atom. The number of likely N-dealkylation sites (N-methyl/N-ethyl adjacent to an activating group) is 1. The summed E-state index contributed by atoms with van der Waals surface area (Å²) in [5.74, 6) is -0.380. The van der Waals surface area contributed by atoms with E-state index in [1.54, 1.807) is 6.08 Å². The highest BCUT2D eigenvalue weighted by Crippen LogP contribution is 2.47. The molecule has 1 aromatic rings. The third-order valence-electron chi connectivity index (χ3n) is 4.91. The first-order valence-electron chi connectivity index (χ1n) is 8.24. The molecule has 0 aromatic heterocycles. The number of ketones is 1. The second-order valence-corrected chi connectivity index (χ2v) is 6.89. The van der Waals surface area contributed by atoms with Crippen LogP contribution < -0.4 is 4.90 Å². The first-order valence-corrected chi connectivity index (χ1v) is 8.24. The summed E-state index contributed by atoms with van der Waals surface area (Å²) in [5, 5.41) is 20.2. The molecule has 0 saturated heterocycles. The number of nitro groups is 1. The van der Waals surface area contributed by atoms with Gasteiger partial charge in [-0.15, -0.1) is 0 Å². The largest absolute Gasteiger partial charge is 0.392 e. The summed E-state index contributed by atoms with van der Waals surface area (Å²) >= 11 is 0. The van der Waals surface area contributed by atoms with Crippen LogP contribution >= 0.6 is 0 Å². The molecule has 6 nitrogen and oxygen atoms in total. The lowest BCUT2D eigenvalue weighted by Gasteiger charge is -2.24. The van der Waals surface area contributed by atoms with Gasteiger partial charge in [-0.25, -0.2) is 0 Å². The predicted octanol–water partition coefficient (Wildman–Crippen LogP) is 3.02. The van der Waals surface area contributed by atoms with Crippen LogP contribution in [0.15, 0.2) is 65.5 Å². The molecule has 3 rings (SSSR count). The molecule has 1 N–H and O–H groups in total. The van der Waals surface area contributed by atoms with Crippen LogP contribution in [-0.2, 0) is 16.8 Å². The standard InChI is InChI=1S/C20H20N2O4/c1-20(2)16-10-13(12-23)4-8-17(16)21(3)19(20)9-6-14-5-7-15(22(25)26)11-18(14)24/h4-11,23H,12H2,1-3H3. The zero-order valence-corrected chi connectivity index (χ0v) is 14.9. The summed E-state index contributed by atoms with van der Waals surface area (Å²) in [5.41, 5.74) is 3.92. The number of benzene rings is 1. The molecule has 0 spiro atoms. The Morgan fingerprint density at radius 3 is 2.62 bits per heavy atom. The van der Waals surface area contributed by atoms with Crippen molar-refractivity contribution in [3.05, 3.63) is 86.8 Å². The molecular formula is C20H20N2O4. The van der Waals surface area contributed by atoms with Crippen molar-refractivity contribution in [2.75, 3.05) is 11.9 Å². The lowest BCUT2D eigenvalue weighted by atomic mass is 9.83. The van der Waals surface area contributed by atoms with E-state index in [1.807, 2.05) is 31.3 Å². The van der Waals surface area contributed by atoms with E-state index >= 15 is 0 Å². The molecular weight excluding hydrogens is 332 g/mol. The van der Waals surface area contributed by atoms with Gasteiger partial charge in [-0.1, -0.05) is 26.0 Å². The van der Waals surface area contributed by atoms with Gasteiger partial charge < -0.3 is 10.0 Å². The van der Waals surface area contributed by atoms with Gasteiger partial charge in [-0.2, -0.15) is 0 Å². The van der Waals surface area contributed by atoms with Crippen LogP contribution in [0, 0.1) is 10.1 Å². The highest BCUT2D eigenvalue weighted by Gasteiger charge is 2.38. The van der Waals surface area contributed by atoms with E-state index in [4.69, 9.17) is 0 Å². The van der Waals surface area contributed by atoms with Gasteiger partial charge in [-0.3, -0.25) is 14.9 Å². The summed E-state index contributed by atoms with van der Waals surface area (Å²) in [6, 6.07) is 5.87. The molecule has 2 aliphatic rings. The predicted molar refractivity (Wildman–Crippen MR) is 99.2 cm³/mol. The first kappa shape index (κ1) is 17.8. The molecule has 0 fully saturated rings. The van der Waals surface area contributed by atoms with E-state index in [-0.39, 0.29) is 23.5 Å². The molecule has 0 atom stereocenters. The maximum atomic E-state index is 12.1. The summed E-state index contributed by atoms with van der Waals surface area (Å²) in [6.07, 6.45) is 7.41. The van der Waals surface area contributed by atoms with Crippen LogP contribution in [-0.4, -0.2) is 22.9 Å². The summed E-state index contributed by atoms with van der Waals surface area (Å²) < 4.78 is 0. The van der Waals surface area contributed by atoms with E-state index in [1.165, 1.54) is 12.2 Å². The minimum atomic E-state index is -0.577. The van der Waals surface area contributed by atoms with Crippen LogP contribution in [0.5, 0.6) is 0 Å². The molecule has 0 unspecified atom stereocenters. The number of anilines is 1. The number of carbonyl (C=O) groups excluding carboxylic acids is 1. The number of aliphatic hydroxyl groups is 1. The zero-order chi connectivity index (χ0) is 19.1. The van der Waals surface area contributed by atoms with E-state index in [0.717, 1.165) is 28.6 Å². The molecule has 1 aliphatic carbocycles. The molecule has 0 radical (unpaired) electrons. The minimum absolute atomic E-state index is 0.0133.